The van der Waals surface area contributed by atoms with Gasteiger partial charge in [-0.25, -0.2) is 4.79 Å². The molecule has 1 aromatic rings. The van der Waals surface area contributed by atoms with Gasteiger partial charge in [0.05, 0.1) is 18.6 Å². The van der Waals surface area contributed by atoms with Gasteiger partial charge in [0.2, 0.25) is 0 Å². The van der Waals surface area contributed by atoms with E-state index in [1.165, 1.54) is 18.4 Å². The first-order chi connectivity index (χ1) is 6.51. The molecule has 0 saturated heterocycles. The van der Waals surface area contributed by atoms with E-state index in [4.69, 9.17) is 5.26 Å². The predicted octanol–water partition coefficient (Wildman–Crippen LogP) is 2.34. The highest BCUT2D eigenvalue weighted by Gasteiger charge is 2.22. The Morgan fingerprint density at radius 1 is 1.64 bits per heavy atom. The van der Waals surface area contributed by atoms with Crippen LogP contribution in [0, 0.1) is 11.3 Å². The van der Waals surface area contributed by atoms with Crippen molar-refractivity contribution in [2.45, 2.75) is 19.3 Å². The average molecular weight is 209 g/mol. The van der Waals surface area contributed by atoms with Crippen LogP contribution in [0.25, 0.3) is 0 Å². The number of nitriles is 1. The first-order valence-corrected chi connectivity index (χ1v) is 4.98. The molecule has 3 nitrogen and oxygen atoms in total. The Morgan fingerprint density at radius 2 is 2.29 bits per heavy atom. The van der Waals surface area contributed by atoms with Crippen LogP contribution in [0.4, 0.5) is 0 Å². The van der Waals surface area contributed by atoms with E-state index in [0.29, 0.717) is 4.88 Å². The molecule has 14 heavy (non-hydrogen) atoms. The van der Waals surface area contributed by atoms with Crippen LogP contribution in [0.5, 0.6) is 0 Å². The van der Waals surface area contributed by atoms with Crippen molar-refractivity contribution in [3.05, 3.63) is 21.9 Å². The van der Waals surface area contributed by atoms with Gasteiger partial charge < -0.3 is 4.74 Å². The maximum atomic E-state index is 11.1. The minimum absolute atomic E-state index is 0.352. The van der Waals surface area contributed by atoms with Crippen LogP contribution >= 0.6 is 11.3 Å². The van der Waals surface area contributed by atoms with Crippen LogP contribution in [0.1, 0.15) is 29.1 Å². The molecule has 0 bridgehead atoms. The third-order valence-corrected chi connectivity index (χ3v) is 2.90. The van der Waals surface area contributed by atoms with Gasteiger partial charge in [-0.2, -0.15) is 5.26 Å². The standard InChI is InChI=1S/C10H11NO2S/c1-10(2,6-11)7-4-8(14-5-7)9(12)13-3/h4-5H,1-3H3. The molecule has 0 unspecified atom stereocenters. The number of esters is 1. The van der Waals surface area contributed by atoms with E-state index < -0.39 is 5.41 Å². The number of methoxy groups -OCH3 is 1. The Kier molecular flexibility index (Phi) is 2.92. The van der Waals surface area contributed by atoms with Crippen LogP contribution in [-0.2, 0) is 10.2 Å². The highest BCUT2D eigenvalue weighted by Crippen LogP contribution is 2.27. The van der Waals surface area contributed by atoms with Crippen LogP contribution in [0.15, 0.2) is 11.4 Å². The number of nitrogens with zero attached hydrogens (tertiary/aromatic N) is 1. The summed E-state index contributed by atoms with van der Waals surface area (Å²) in [5.74, 6) is -0.352. The molecule has 0 aromatic carbocycles. The molecule has 0 amide bonds. The van der Waals surface area contributed by atoms with Gasteiger partial charge in [0.1, 0.15) is 4.88 Å². The molecule has 0 atom stereocenters. The summed E-state index contributed by atoms with van der Waals surface area (Å²) >= 11 is 1.30. The maximum Gasteiger partial charge on any atom is 0.348 e. The Bertz CT molecular complexity index is 387. The monoisotopic (exact) mass is 209 g/mol. The lowest BCUT2D eigenvalue weighted by Crippen LogP contribution is -2.12. The molecule has 1 rings (SSSR count). The second kappa shape index (κ2) is 3.81. The van der Waals surface area contributed by atoms with Crippen molar-refractivity contribution < 1.29 is 9.53 Å². The van der Waals surface area contributed by atoms with Crippen molar-refractivity contribution >= 4 is 17.3 Å². The van der Waals surface area contributed by atoms with Gasteiger partial charge in [0.15, 0.2) is 0 Å². The van der Waals surface area contributed by atoms with Gasteiger partial charge in [0.25, 0.3) is 0 Å². The average Bonchev–Trinajstić information content (AvgIpc) is 2.66. The summed E-state index contributed by atoms with van der Waals surface area (Å²) in [6.07, 6.45) is 0. The molecule has 0 aliphatic carbocycles. The van der Waals surface area contributed by atoms with Crippen LogP contribution < -0.4 is 0 Å². The summed E-state index contributed by atoms with van der Waals surface area (Å²) in [4.78, 5) is 11.7. The van der Waals surface area contributed by atoms with Crippen LogP contribution in [-0.4, -0.2) is 13.1 Å². The third-order valence-electron chi connectivity index (χ3n) is 1.99. The molecule has 0 radical (unpaired) electrons. The van der Waals surface area contributed by atoms with E-state index in [9.17, 15) is 4.79 Å². The van der Waals surface area contributed by atoms with Crippen LogP contribution in [0.3, 0.4) is 0 Å². The third kappa shape index (κ3) is 1.94. The van der Waals surface area contributed by atoms with Crippen LogP contribution in [0.2, 0.25) is 0 Å². The molecular formula is C10H11NO2S. The second-order valence-corrected chi connectivity index (χ2v) is 4.34. The highest BCUT2D eigenvalue weighted by atomic mass is 32.1. The lowest BCUT2D eigenvalue weighted by molar-refractivity contribution is 0.0606. The quantitative estimate of drug-likeness (QED) is 0.702. The molecular weight excluding hydrogens is 198 g/mol. The molecule has 0 N–H and O–H groups in total. The Labute approximate surface area is 86.9 Å². The predicted molar refractivity (Wildman–Crippen MR) is 54.3 cm³/mol. The lowest BCUT2D eigenvalue weighted by Gasteiger charge is -2.11. The highest BCUT2D eigenvalue weighted by molar-refractivity contribution is 7.12. The van der Waals surface area contributed by atoms with Crippen molar-refractivity contribution in [1.82, 2.24) is 0 Å². The molecule has 1 heterocycles. The summed E-state index contributed by atoms with van der Waals surface area (Å²) in [5.41, 5.74) is 0.299. The first kappa shape index (κ1) is 10.7. The van der Waals surface area contributed by atoms with Crippen molar-refractivity contribution in [3.63, 3.8) is 0 Å². The lowest BCUT2D eigenvalue weighted by atomic mass is 9.88. The Hall–Kier alpha value is -1.34. The number of carbonyl (C=O) groups is 1. The van der Waals surface area contributed by atoms with E-state index in [0.717, 1.165) is 5.56 Å². The van der Waals surface area contributed by atoms with Crippen molar-refractivity contribution in [2.75, 3.05) is 7.11 Å². The van der Waals surface area contributed by atoms with Gasteiger partial charge in [-0.15, -0.1) is 11.3 Å². The molecule has 0 aliphatic rings. The molecule has 0 fully saturated rings. The fraction of sp³-hybridized carbons (Fsp3) is 0.400. The van der Waals surface area contributed by atoms with E-state index >= 15 is 0 Å². The van der Waals surface area contributed by atoms with Gasteiger partial charge in [0, 0.05) is 0 Å². The summed E-state index contributed by atoms with van der Waals surface area (Å²) in [7, 11) is 1.34. The van der Waals surface area contributed by atoms with Crippen molar-refractivity contribution in [1.29, 1.82) is 5.26 Å². The molecule has 74 valence electrons. The van der Waals surface area contributed by atoms with E-state index in [1.807, 2.05) is 19.2 Å². The number of thiophene rings is 1. The van der Waals surface area contributed by atoms with Gasteiger partial charge in [-0.3, -0.25) is 0 Å². The molecule has 1 aromatic heterocycles. The van der Waals surface area contributed by atoms with E-state index in [-0.39, 0.29) is 5.97 Å². The smallest absolute Gasteiger partial charge is 0.348 e. The number of hydrogen-bond acceptors (Lipinski definition) is 4. The zero-order valence-corrected chi connectivity index (χ0v) is 9.14. The summed E-state index contributed by atoms with van der Waals surface area (Å²) < 4.78 is 4.58. The maximum absolute atomic E-state index is 11.1. The Balaban J connectivity index is 3.01. The largest absolute Gasteiger partial charge is 0.465 e. The van der Waals surface area contributed by atoms with E-state index in [2.05, 4.69) is 10.8 Å². The van der Waals surface area contributed by atoms with Gasteiger partial charge >= 0.3 is 5.97 Å². The van der Waals surface area contributed by atoms with E-state index in [1.54, 1.807) is 6.07 Å². The second-order valence-electron chi connectivity index (χ2n) is 3.43. The zero-order chi connectivity index (χ0) is 10.8. The first-order valence-electron chi connectivity index (χ1n) is 4.10. The summed E-state index contributed by atoms with van der Waals surface area (Å²) in [6, 6.07) is 3.89. The molecule has 4 heteroatoms. The number of carbonyl (C=O) groups excluding carboxylic acids is 1. The topological polar surface area (TPSA) is 50.1 Å². The minimum Gasteiger partial charge on any atom is -0.465 e. The summed E-state index contributed by atoms with van der Waals surface area (Å²) in [5, 5.41) is 10.7. The SMILES string of the molecule is COC(=O)c1cc(C(C)(C)C#N)cs1. The van der Waals surface area contributed by atoms with Crippen molar-refractivity contribution in [3.8, 4) is 6.07 Å². The number of rotatable bonds is 2. The number of ether oxygens (including phenoxy) is 1. The molecule has 0 aliphatic heterocycles. The van der Waals surface area contributed by atoms with Gasteiger partial charge in [-0.05, 0) is 30.9 Å². The normalized spacial score (nSPS) is 10.7. The Morgan fingerprint density at radius 3 is 2.79 bits per heavy atom. The number of hydrogen-bond donors (Lipinski definition) is 0. The molecule has 0 saturated carbocycles. The fourth-order valence-electron chi connectivity index (χ4n) is 0.936. The minimum atomic E-state index is -0.553. The fourth-order valence-corrected chi connectivity index (χ4v) is 1.93. The van der Waals surface area contributed by atoms with Crippen molar-refractivity contribution in [2.24, 2.45) is 0 Å². The summed E-state index contributed by atoms with van der Waals surface area (Å²) in [6.45, 7) is 3.63. The molecule has 0 spiro atoms. The zero-order valence-electron chi connectivity index (χ0n) is 8.33. The van der Waals surface area contributed by atoms with Gasteiger partial charge in [-0.1, -0.05) is 0 Å².